The van der Waals surface area contributed by atoms with Crippen molar-refractivity contribution in [2.45, 2.75) is 32.7 Å². The number of halogens is 2. The summed E-state index contributed by atoms with van der Waals surface area (Å²) in [5.74, 6) is 0.640. The first-order valence-electron chi connectivity index (χ1n) is 6.97. The molecule has 0 saturated carbocycles. The second kappa shape index (κ2) is 6.92. The fourth-order valence-electron chi connectivity index (χ4n) is 2.07. The average molecular weight is 308 g/mol. The summed E-state index contributed by atoms with van der Waals surface area (Å²) in [7, 11) is 0. The van der Waals surface area contributed by atoms with Crippen molar-refractivity contribution in [1.29, 1.82) is 0 Å². The summed E-state index contributed by atoms with van der Waals surface area (Å²) < 4.78 is 19.1. The van der Waals surface area contributed by atoms with Crippen LogP contribution in [0.1, 0.15) is 24.5 Å². The Morgan fingerprint density at radius 3 is 2.62 bits per heavy atom. The normalized spacial score (nSPS) is 12.2. The van der Waals surface area contributed by atoms with E-state index in [2.05, 4.69) is 13.0 Å². The van der Waals surface area contributed by atoms with Crippen LogP contribution < -0.4 is 10.5 Å². The fourth-order valence-corrected chi connectivity index (χ4v) is 2.18. The molecule has 2 aromatic carbocycles. The fraction of sp³-hybridized carbons (Fsp3) is 0.294. The minimum Gasteiger partial charge on any atom is -0.457 e. The van der Waals surface area contributed by atoms with Gasteiger partial charge >= 0.3 is 0 Å². The molecule has 4 heteroatoms. The van der Waals surface area contributed by atoms with Crippen LogP contribution in [-0.2, 0) is 6.42 Å². The van der Waals surface area contributed by atoms with Gasteiger partial charge in [-0.15, -0.1) is 0 Å². The number of ether oxygens (including phenoxy) is 1. The third-order valence-electron chi connectivity index (χ3n) is 3.38. The van der Waals surface area contributed by atoms with E-state index in [1.54, 1.807) is 6.07 Å². The van der Waals surface area contributed by atoms with E-state index in [1.165, 1.54) is 17.7 Å². The maximum Gasteiger partial charge on any atom is 0.145 e. The highest BCUT2D eigenvalue weighted by atomic mass is 35.5. The minimum absolute atomic E-state index is 0.0861. The Hall–Kier alpha value is -1.58. The molecule has 0 fully saturated rings. The molecule has 21 heavy (non-hydrogen) atoms. The van der Waals surface area contributed by atoms with Gasteiger partial charge in [0.2, 0.25) is 0 Å². The summed E-state index contributed by atoms with van der Waals surface area (Å²) in [5, 5.41) is 0.0861. The number of hydrogen-bond donors (Lipinski definition) is 1. The zero-order valence-electron chi connectivity index (χ0n) is 12.2. The molecule has 2 N–H and O–H groups in total. The molecule has 0 aliphatic heterocycles. The van der Waals surface area contributed by atoms with Crippen LogP contribution in [0.25, 0.3) is 0 Å². The zero-order chi connectivity index (χ0) is 15.4. The maximum absolute atomic E-state index is 13.4. The van der Waals surface area contributed by atoms with Gasteiger partial charge in [0.15, 0.2) is 0 Å². The van der Waals surface area contributed by atoms with E-state index in [-0.39, 0.29) is 11.1 Å². The molecule has 0 aliphatic carbocycles. The highest BCUT2D eigenvalue weighted by Gasteiger charge is 2.07. The number of hydrogen-bond acceptors (Lipinski definition) is 2. The third kappa shape index (κ3) is 4.19. The lowest BCUT2D eigenvalue weighted by molar-refractivity contribution is 0.473. The monoisotopic (exact) mass is 307 g/mol. The highest BCUT2D eigenvalue weighted by Crippen LogP contribution is 2.28. The van der Waals surface area contributed by atoms with Crippen LogP contribution >= 0.6 is 11.6 Å². The Labute approximate surface area is 129 Å². The number of benzene rings is 2. The van der Waals surface area contributed by atoms with Gasteiger partial charge in [0, 0.05) is 12.1 Å². The van der Waals surface area contributed by atoms with E-state index in [9.17, 15) is 4.39 Å². The van der Waals surface area contributed by atoms with Gasteiger partial charge in [-0.05, 0) is 49.1 Å². The van der Waals surface area contributed by atoms with E-state index in [4.69, 9.17) is 22.1 Å². The first-order chi connectivity index (χ1) is 9.99. The van der Waals surface area contributed by atoms with Crippen LogP contribution in [-0.4, -0.2) is 6.04 Å². The van der Waals surface area contributed by atoms with Crippen molar-refractivity contribution < 1.29 is 9.13 Å². The highest BCUT2D eigenvalue weighted by molar-refractivity contribution is 6.30. The van der Waals surface area contributed by atoms with Crippen molar-refractivity contribution in [2.75, 3.05) is 0 Å². The van der Waals surface area contributed by atoms with Gasteiger partial charge in [0.1, 0.15) is 17.3 Å². The summed E-state index contributed by atoms with van der Waals surface area (Å²) in [6.45, 7) is 4.03. The van der Waals surface area contributed by atoms with Gasteiger partial charge < -0.3 is 10.5 Å². The van der Waals surface area contributed by atoms with E-state index in [0.717, 1.165) is 18.4 Å². The van der Waals surface area contributed by atoms with Crippen molar-refractivity contribution in [1.82, 2.24) is 0 Å². The summed E-state index contributed by atoms with van der Waals surface area (Å²) in [4.78, 5) is 0. The molecule has 2 aromatic rings. The summed E-state index contributed by atoms with van der Waals surface area (Å²) in [5.41, 5.74) is 8.13. The van der Waals surface area contributed by atoms with Gasteiger partial charge in [0.05, 0.1) is 5.02 Å². The van der Waals surface area contributed by atoms with Crippen LogP contribution in [0.15, 0.2) is 36.4 Å². The average Bonchev–Trinajstić information content (AvgIpc) is 2.45. The molecule has 1 unspecified atom stereocenters. The molecule has 2 rings (SSSR count). The SMILES string of the molecule is CCC(N)Cc1ccc(Oc2ccc(Cl)c(F)c2)c(C)c1. The second-order valence-electron chi connectivity index (χ2n) is 5.15. The van der Waals surface area contributed by atoms with E-state index >= 15 is 0 Å². The first-order valence-corrected chi connectivity index (χ1v) is 7.35. The van der Waals surface area contributed by atoms with Crippen LogP contribution in [0.3, 0.4) is 0 Å². The molecule has 0 aromatic heterocycles. The Kier molecular flexibility index (Phi) is 5.21. The largest absolute Gasteiger partial charge is 0.457 e. The molecule has 0 amide bonds. The first kappa shape index (κ1) is 15.8. The van der Waals surface area contributed by atoms with Crippen LogP contribution in [0.2, 0.25) is 5.02 Å². The lowest BCUT2D eigenvalue weighted by atomic mass is 10.0. The van der Waals surface area contributed by atoms with Crippen molar-refractivity contribution >= 4 is 11.6 Å². The molecule has 0 saturated heterocycles. The smallest absolute Gasteiger partial charge is 0.145 e. The molecular formula is C17H19ClFNO. The molecule has 0 aliphatic rings. The van der Waals surface area contributed by atoms with Gasteiger partial charge in [0.25, 0.3) is 0 Å². The van der Waals surface area contributed by atoms with Crippen molar-refractivity contribution in [3.05, 3.63) is 58.4 Å². The minimum atomic E-state index is -0.489. The second-order valence-corrected chi connectivity index (χ2v) is 5.56. The van der Waals surface area contributed by atoms with Gasteiger partial charge in [-0.25, -0.2) is 4.39 Å². The predicted octanol–water partition coefficient (Wildman–Crippen LogP) is 4.86. The molecule has 2 nitrogen and oxygen atoms in total. The van der Waals surface area contributed by atoms with Crippen LogP contribution in [0, 0.1) is 12.7 Å². The van der Waals surface area contributed by atoms with E-state index in [1.807, 2.05) is 19.1 Å². The summed E-state index contributed by atoms with van der Waals surface area (Å²) >= 11 is 5.66. The Bertz CT molecular complexity index is 630. The summed E-state index contributed by atoms with van der Waals surface area (Å²) in [6, 6.07) is 10.5. The van der Waals surface area contributed by atoms with Crippen molar-refractivity contribution in [3.63, 3.8) is 0 Å². The standard InChI is InChI=1S/C17H19ClFNO/c1-3-13(20)9-12-4-7-17(11(2)8-12)21-14-5-6-15(18)16(19)10-14/h4-8,10,13H,3,9,20H2,1-2H3. The number of nitrogens with two attached hydrogens (primary N) is 1. The molecular weight excluding hydrogens is 289 g/mol. The lowest BCUT2D eigenvalue weighted by Crippen LogP contribution is -2.21. The van der Waals surface area contributed by atoms with Crippen LogP contribution in [0.5, 0.6) is 11.5 Å². The maximum atomic E-state index is 13.4. The Morgan fingerprint density at radius 2 is 2.00 bits per heavy atom. The molecule has 0 heterocycles. The van der Waals surface area contributed by atoms with Gasteiger partial charge in [-0.1, -0.05) is 30.7 Å². The molecule has 112 valence electrons. The van der Waals surface area contributed by atoms with Crippen molar-refractivity contribution in [3.8, 4) is 11.5 Å². The predicted molar refractivity (Wildman–Crippen MR) is 84.6 cm³/mol. The third-order valence-corrected chi connectivity index (χ3v) is 3.69. The lowest BCUT2D eigenvalue weighted by Gasteiger charge is -2.13. The number of rotatable bonds is 5. The van der Waals surface area contributed by atoms with Crippen molar-refractivity contribution in [2.24, 2.45) is 5.73 Å². The molecule has 0 radical (unpaired) electrons. The Balaban J connectivity index is 2.15. The number of aryl methyl sites for hydroxylation is 1. The molecule has 0 spiro atoms. The van der Waals surface area contributed by atoms with E-state index in [0.29, 0.717) is 11.5 Å². The summed E-state index contributed by atoms with van der Waals surface area (Å²) in [6.07, 6.45) is 1.79. The van der Waals surface area contributed by atoms with Gasteiger partial charge in [-0.2, -0.15) is 0 Å². The quantitative estimate of drug-likeness (QED) is 0.856. The topological polar surface area (TPSA) is 35.2 Å². The van der Waals surface area contributed by atoms with Gasteiger partial charge in [-0.3, -0.25) is 0 Å². The van der Waals surface area contributed by atoms with E-state index < -0.39 is 5.82 Å². The van der Waals surface area contributed by atoms with Crippen LogP contribution in [0.4, 0.5) is 4.39 Å². The molecule has 1 atom stereocenters. The molecule has 0 bridgehead atoms. The zero-order valence-corrected chi connectivity index (χ0v) is 13.0. The Morgan fingerprint density at radius 1 is 1.24 bits per heavy atom.